The van der Waals surface area contributed by atoms with Gasteiger partial charge in [0.05, 0.1) is 39.9 Å². The van der Waals surface area contributed by atoms with Crippen LogP contribution >= 0.6 is 15.9 Å². The second kappa shape index (κ2) is 12.3. The molecule has 11 heteroatoms. The Labute approximate surface area is 278 Å². The van der Waals surface area contributed by atoms with Gasteiger partial charge in [-0.25, -0.2) is 0 Å². The van der Waals surface area contributed by atoms with Gasteiger partial charge in [-0.05, 0) is 60.0 Å². The third kappa shape index (κ3) is 5.27. The smallest absolute Gasteiger partial charge is 0.304 e. The normalized spacial score (nSPS) is 25.5. The number of esters is 1. The van der Waals surface area contributed by atoms with Crippen molar-refractivity contribution >= 4 is 58.3 Å². The van der Waals surface area contributed by atoms with Crippen LogP contribution in [0.4, 0.5) is 11.4 Å². The molecule has 2 fully saturated rings. The maximum Gasteiger partial charge on any atom is 0.304 e. The molecule has 3 heterocycles. The van der Waals surface area contributed by atoms with Gasteiger partial charge in [-0.15, -0.1) is 0 Å². The fourth-order valence-electron chi connectivity index (χ4n) is 7.77. The maximum atomic E-state index is 14.8. The third-order valence-corrected chi connectivity index (χ3v) is 14.8. The SMILES string of the molecule is COc1ccc([Si](C)(C)[C@H]2[C@H](CCO)O[C@@]3(C(=O)N(Cc4ccc(N5C(=O)CC5OC(C)=O)cc4)c4ccc(Br)cc43)[C@@H]2C)cc1. The Morgan fingerprint density at radius 2 is 1.78 bits per heavy atom. The molecule has 2 amide bonds. The molecule has 46 heavy (non-hydrogen) atoms. The number of anilines is 2. The molecular formula is C35H39BrN2O7Si. The van der Waals surface area contributed by atoms with E-state index < -0.39 is 25.9 Å². The Hall–Kier alpha value is -3.51. The quantitative estimate of drug-likeness (QED) is 0.185. The Bertz CT molecular complexity index is 1660. The minimum atomic E-state index is -2.27. The molecule has 3 aliphatic rings. The van der Waals surface area contributed by atoms with E-state index in [1.807, 2.05) is 54.6 Å². The highest BCUT2D eigenvalue weighted by atomic mass is 79.9. The Morgan fingerprint density at radius 1 is 1.09 bits per heavy atom. The lowest BCUT2D eigenvalue weighted by molar-refractivity contribution is -0.154. The van der Waals surface area contributed by atoms with Gasteiger partial charge >= 0.3 is 5.97 Å². The number of carbonyl (C=O) groups excluding carboxylic acids is 3. The van der Waals surface area contributed by atoms with Crippen molar-refractivity contribution in [3.8, 4) is 5.75 Å². The van der Waals surface area contributed by atoms with Gasteiger partial charge in [-0.1, -0.05) is 65.4 Å². The van der Waals surface area contributed by atoms with Crippen LogP contribution in [0.25, 0.3) is 0 Å². The van der Waals surface area contributed by atoms with Crippen LogP contribution in [0.15, 0.2) is 71.2 Å². The predicted octanol–water partition coefficient (Wildman–Crippen LogP) is 5.23. The number of rotatable bonds is 9. The molecule has 0 bridgehead atoms. The van der Waals surface area contributed by atoms with Crippen LogP contribution in [0.1, 0.15) is 37.8 Å². The highest BCUT2D eigenvalue weighted by molar-refractivity contribution is 9.10. The molecule has 1 N–H and O–H groups in total. The summed E-state index contributed by atoms with van der Waals surface area (Å²) in [6.45, 7) is 8.36. The van der Waals surface area contributed by atoms with Gasteiger partial charge in [0.25, 0.3) is 5.91 Å². The number of aliphatic hydroxyl groups is 1. The Morgan fingerprint density at radius 3 is 2.39 bits per heavy atom. The summed E-state index contributed by atoms with van der Waals surface area (Å²) in [6.07, 6.45) is -0.317. The molecular weight excluding hydrogens is 668 g/mol. The lowest BCUT2D eigenvalue weighted by Gasteiger charge is -2.39. The van der Waals surface area contributed by atoms with Crippen molar-refractivity contribution in [1.82, 2.24) is 0 Å². The highest BCUT2D eigenvalue weighted by Gasteiger charge is 2.66. The van der Waals surface area contributed by atoms with Crippen LogP contribution in [0.3, 0.4) is 0 Å². The number of fused-ring (bicyclic) bond motifs is 2. The van der Waals surface area contributed by atoms with Crippen molar-refractivity contribution in [2.75, 3.05) is 23.5 Å². The van der Waals surface area contributed by atoms with Gasteiger partial charge in [0.15, 0.2) is 11.8 Å². The average molecular weight is 708 g/mol. The topological polar surface area (TPSA) is 106 Å². The van der Waals surface area contributed by atoms with Crippen molar-refractivity contribution in [2.45, 2.75) is 69.8 Å². The zero-order valence-electron chi connectivity index (χ0n) is 26.7. The summed E-state index contributed by atoms with van der Waals surface area (Å²) >= 11 is 3.64. The fourth-order valence-corrected chi connectivity index (χ4v) is 12.2. The van der Waals surface area contributed by atoms with Crippen LogP contribution in [0.5, 0.6) is 5.75 Å². The zero-order valence-corrected chi connectivity index (χ0v) is 29.2. The molecule has 5 atom stereocenters. The second-order valence-corrected chi connectivity index (χ2v) is 18.5. The number of hydrogen-bond acceptors (Lipinski definition) is 7. The largest absolute Gasteiger partial charge is 0.497 e. The van der Waals surface area contributed by atoms with E-state index in [0.29, 0.717) is 18.7 Å². The molecule has 1 spiro atoms. The fraction of sp³-hybridized carbons (Fsp3) is 0.400. The predicted molar refractivity (Wildman–Crippen MR) is 181 cm³/mol. The summed E-state index contributed by atoms with van der Waals surface area (Å²) in [5, 5.41) is 11.4. The number of carbonyl (C=O) groups is 3. The molecule has 3 aromatic rings. The van der Waals surface area contributed by atoms with Crippen molar-refractivity contribution < 1.29 is 33.7 Å². The minimum Gasteiger partial charge on any atom is -0.497 e. The van der Waals surface area contributed by atoms with Crippen molar-refractivity contribution in [3.05, 3.63) is 82.3 Å². The lowest BCUT2D eigenvalue weighted by Crippen LogP contribution is -2.54. The van der Waals surface area contributed by atoms with E-state index in [1.165, 1.54) is 17.0 Å². The number of hydrogen-bond donors (Lipinski definition) is 1. The first-order chi connectivity index (χ1) is 21.9. The van der Waals surface area contributed by atoms with Crippen molar-refractivity contribution in [3.63, 3.8) is 0 Å². The second-order valence-electron chi connectivity index (χ2n) is 12.9. The molecule has 6 rings (SSSR count). The minimum absolute atomic E-state index is 0.0372. The van der Waals surface area contributed by atoms with Crippen LogP contribution in [-0.4, -0.2) is 57.0 Å². The third-order valence-electron chi connectivity index (χ3n) is 9.97. The summed E-state index contributed by atoms with van der Waals surface area (Å²) in [5.74, 6) is -0.0449. The van der Waals surface area contributed by atoms with Gasteiger partial charge in [0, 0.05) is 35.2 Å². The molecule has 242 valence electrons. The molecule has 0 saturated carbocycles. The standard InChI is InChI=1S/C35H39BrN2O7Si/c1-21-33(46(4,5)27-13-11-26(43-3)12-14-27)30(16-17-39)45-35(21)28-18-24(36)8-15-29(28)37(34(35)42)20-23-6-9-25(10-7-23)38-31(41)19-32(38)44-22(2)40/h6-15,18,21,30,32-33,39H,16-17,19-20H2,1-5H3/t21-,30+,32?,33-,35+/m1/s1. The number of methoxy groups -OCH3 is 1. The summed E-state index contributed by atoms with van der Waals surface area (Å²) in [6, 6.07) is 21.5. The van der Waals surface area contributed by atoms with E-state index in [-0.39, 0.29) is 42.4 Å². The van der Waals surface area contributed by atoms with Crippen molar-refractivity contribution in [2.24, 2.45) is 5.92 Å². The molecule has 9 nitrogen and oxygen atoms in total. The monoisotopic (exact) mass is 706 g/mol. The Kier molecular flexibility index (Phi) is 8.64. The van der Waals surface area contributed by atoms with E-state index in [2.05, 4.69) is 48.1 Å². The molecule has 3 aromatic carbocycles. The van der Waals surface area contributed by atoms with E-state index in [4.69, 9.17) is 14.2 Å². The van der Waals surface area contributed by atoms with Crippen LogP contribution < -0.4 is 19.7 Å². The van der Waals surface area contributed by atoms with Gasteiger partial charge in [0.1, 0.15) is 5.75 Å². The number of aliphatic hydroxyl groups excluding tert-OH is 1. The maximum absolute atomic E-state index is 14.8. The summed E-state index contributed by atoms with van der Waals surface area (Å²) in [4.78, 5) is 41.8. The average Bonchev–Trinajstić information content (AvgIpc) is 3.44. The van der Waals surface area contributed by atoms with Crippen LogP contribution in [0.2, 0.25) is 18.6 Å². The van der Waals surface area contributed by atoms with Crippen LogP contribution in [0, 0.1) is 5.92 Å². The summed E-state index contributed by atoms with van der Waals surface area (Å²) in [7, 11) is -0.620. The first kappa shape index (κ1) is 32.4. The number of halogens is 1. The highest BCUT2D eigenvalue weighted by Crippen LogP contribution is 2.60. The summed E-state index contributed by atoms with van der Waals surface area (Å²) < 4.78 is 18.5. The molecule has 1 unspecified atom stereocenters. The molecule has 3 aliphatic heterocycles. The van der Waals surface area contributed by atoms with Crippen molar-refractivity contribution in [1.29, 1.82) is 0 Å². The van der Waals surface area contributed by atoms with E-state index in [9.17, 15) is 19.5 Å². The first-order valence-corrected chi connectivity index (χ1v) is 19.4. The van der Waals surface area contributed by atoms with E-state index in [1.54, 1.807) is 12.0 Å². The van der Waals surface area contributed by atoms with Gasteiger partial charge in [-0.2, -0.15) is 0 Å². The van der Waals surface area contributed by atoms with Gasteiger partial charge in [-0.3, -0.25) is 19.3 Å². The molecule has 0 radical (unpaired) electrons. The van der Waals surface area contributed by atoms with Gasteiger partial charge < -0.3 is 24.2 Å². The molecule has 0 aliphatic carbocycles. The number of β-lactam (4-membered cyclic amide) rings is 1. The first-order valence-electron chi connectivity index (χ1n) is 15.6. The number of ether oxygens (including phenoxy) is 3. The molecule has 2 saturated heterocycles. The van der Waals surface area contributed by atoms with E-state index >= 15 is 0 Å². The Balaban J connectivity index is 1.33. The van der Waals surface area contributed by atoms with Crippen LogP contribution in [-0.2, 0) is 36.0 Å². The lowest BCUT2D eigenvalue weighted by atomic mass is 9.82. The number of amides is 2. The summed E-state index contributed by atoms with van der Waals surface area (Å²) in [5.41, 5.74) is 1.97. The molecule has 0 aromatic heterocycles. The number of benzene rings is 3. The van der Waals surface area contributed by atoms with Gasteiger partial charge in [0.2, 0.25) is 5.91 Å². The number of nitrogens with zero attached hydrogens (tertiary/aromatic N) is 2. The zero-order chi connectivity index (χ0) is 33.0. The van der Waals surface area contributed by atoms with E-state index in [0.717, 1.165) is 27.0 Å².